The van der Waals surface area contributed by atoms with Crippen LogP contribution in [0.1, 0.15) is 43.5 Å². The van der Waals surface area contributed by atoms with Gasteiger partial charge in [-0.3, -0.25) is 9.36 Å². The summed E-state index contributed by atoms with van der Waals surface area (Å²) in [6.45, 7) is 8.13. The highest BCUT2D eigenvalue weighted by molar-refractivity contribution is 7.07. The molecule has 1 atom stereocenters. The number of hydrogen-bond donors (Lipinski definition) is 0. The molecule has 1 aromatic heterocycles. The standard InChI is InChI=1S/C26H25ClN2O4S/c1-5-32-20-12-11-19(27)13-18(20)14-21-24(30)29-23(17-9-7-15(3)8-10-17)22(25(31)33-6-2)16(4)28-26(29)34-21/h7-14,23H,5-6H2,1-4H3/b21-14-/t23-/m1/s1. The van der Waals surface area contributed by atoms with Gasteiger partial charge in [-0.1, -0.05) is 52.8 Å². The van der Waals surface area contributed by atoms with E-state index in [-0.39, 0.29) is 12.2 Å². The highest BCUT2D eigenvalue weighted by Crippen LogP contribution is 2.31. The number of halogens is 1. The minimum absolute atomic E-state index is 0.232. The zero-order valence-corrected chi connectivity index (χ0v) is 21.0. The molecule has 3 aromatic rings. The van der Waals surface area contributed by atoms with Gasteiger partial charge in [0.1, 0.15) is 5.75 Å². The molecule has 0 spiro atoms. The summed E-state index contributed by atoms with van der Waals surface area (Å²) in [7, 11) is 0. The van der Waals surface area contributed by atoms with Crippen LogP contribution in [-0.2, 0) is 9.53 Å². The van der Waals surface area contributed by atoms with Crippen LogP contribution in [0.15, 0.2) is 63.5 Å². The number of carbonyl (C=O) groups is 1. The molecule has 6 nitrogen and oxygen atoms in total. The van der Waals surface area contributed by atoms with Crippen LogP contribution < -0.4 is 19.6 Å². The molecule has 0 N–H and O–H groups in total. The number of benzene rings is 2. The molecule has 0 radical (unpaired) electrons. The first-order valence-electron chi connectivity index (χ1n) is 11.0. The molecule has 34 heavy (non-hydrogen) atoms. The van der Waals surface area contributed by atoms with Crippen molar-refractivity contribution < 1.29 is 14.3 Å². The smallest absolute Gasteiger partial charge is 0.338 e. The molecule has 0 fully saturated rings. The Morgan fingerprint density at radius 1 is 1.15 bits per heavy atom. The van der Waals surface area contributed by atoms with Gasteiger partial charge in [0.15, 0.2) is 4.80 Å². The van der Waals surface area contributed by atoms with Crippen molar-refractivity contribution in [3.63, 3.8) is 0 Å². The molecule has 8 heteroatoms. The first-order chi connectivity index (χ1) is 16.3. The highest BCUT2D eigenvalue weighted by atomic mass is 35.5. The summed E-state index contributed by atoms with van der Waals surface area (Å²) in [6.07, 6.45) is 1.76. The third-order valence-electron chi connectivity index (χ3n) is 5.47. The van der Waals surface area contributed by atoms with Gasteiger partial charge in [-0.05, 0) is 57.5 Å². The predicted molar refractivity (Wildman–Crippen MR) is 134 cm³/mol. The summed E-state index contributed by atoms with van der Waals surface area (Å²) in [5.74, 6) is 0.160. The minimum Gasteiger partial charge on any atom is -0.493 e. The number of nitrogens with zero attached hydrogens (tertiary/aromatic N) is 2. The normalized spacial score (nSPS) is 15.7. The van der Waals surface area contributed by atoms with E-state index in [9.17, 15) is 9.59 Å². The summed E-state index contributed by atoms with van der Waals surface area (Å²) in [5, 5.41) is 0.542. The van der Waals surface area contributed by atoms with Crippen LogP contribution in [0, 0.1) is 6.92 Å². The Labute approximate surface area is 206 Å². The van der Waals surface area contributed by atoms with Crippen molar-refractivity contribution in [2.45, 2.75) is 33.7 Å². The largest absolute Gasteiger partial charge is 0.493 e. The molecule has 0 amide bonds. The van der Waals surface area contributed by atoms with E-state index in [2.05, 4.69) is 4.99 Å². The second-order valence-electron chi connectivity index (χ2n) is 7.83. The van der Waals surface area contributed by atoms with Gasteiger partial charge < -0.3 is 9.47 Å². The molecular formula is C26H25ClN2O4S. The number of fused-ring (bicyclic) bond motifs is 1. The van der Waals surface area contributed by atoms with Crippen LogP contribution in [0.2, 0.25) is 5.02 Å². The Hall–Kier alpha value is -3.16. The summed E-state index contributed by atoms with van der Waals surface area (Å²) in [5.41, 5.74) is 3.25. The second kappa shape index (κ2) is 9.99. The van der Waals surface area contributed by atoms with E-state index in [1.54, 1.807) is 42.7 Å². The zero-order valence-electron chi connectivity index (χ0n) is 19.4. The fourth-order valence-electron chi connectivity index (χ4n) is 3.92. The van der Waals surface area contributed by atoms with Gasteiger partial charge in [0, 0.05) is 10.6 Å². The van der Waals surface area contributed by atoms with E-state index in [4.69, 9.17) is 21.1 Å². The van der Waals surface area contributed by atoms with Gasteiger partial charge in [0.25, 0.3) is 5.56 Å². The van der Waals surface area contributed by atoms with Crippen LogP contribution in [0.25, 0.3) is 6.08 Å². The maximum absolute atomic E-state index is 13.7. The topological polar surface area (TPSA) is 69.9 Å². The first kappa shape index (κ1) is 24.0. The number of hydrogen-bond acceptors (Lipinski definition) is 6. The Balaban J connectivity index is 1.96. The highest BCUT2D eigenvalue weighted by Gasteiger charge is 2.33. The average Bonchev–Trinajstić information content (AvgIpc) is 3.10. The third-order valence-corrected chi connectivity index (χ3v) is 6.69. The number of aryl methyl sites for hydroxylation is 1. The van der Waals surface area contributed by atoms with Crippen LogP contribution in [0.3, 0.4) is 0 Å². The lowest BCUT2D eigenvalue weighted by Crippen LogP contribution is -2.39. The zero-order chi connectivity index (χ0) is 24.4. The molecule has 0 unspecified atom stereocenters. The number of esters is 1. The molecule has 1 aliphatic rings. The summed E-state index contributed by atoms with van der Waals surface area (Å²) >= 11 is 7.48. The number of aromatic nitrogens is 1. The average molecular weight is 497 g/mol. The van der Waals surface area contributed by atoms with E-state index in [0.717, 1.165) is 11.1 Å². The molecule has 0 saturated carbocycles. The Morgan fingerprint density at radius 2 is 1.88 bits per heavy atom. The molecule has 1 aliphatic heterocycles. The monoisotopic (exact) mass is 496 g/mol. The Bertz CT molecular complexity index is 1450. The molecule has 2 heterocycles. The van der Waals surface area contributed by atoms with Gasteiger partial charge in [-0.25, -0.2) is 9.79 Å². The van der Waals surface area contributed by atoms with Crippen molar-refractivity contribution in [2.24, 2.45) is 4.99 Å². The van der Waals surface area contributed by atoms with Crippen LogP contribution >= 0.6 is 22.9 Å². The summed E-state index contributed by atoms with van der Waals surface area (Å²) in [4.78, 5) is 31.8. The van der Waals surface area contributed by atoms with Gasteiger partial charge >= 0.3 is 5.97 Å². The molecule has 0 aliphatic carbocycles. The van der Waals surface area contributed by atoms with Crippen molar-refractivity contribution in [3.05, 3.63) is 95.1 Å². The molecule has 4 rings (SSSR count). The third kappa shape index (κ3) is 4.58. The van der Waals surface area contributed by atoms with Crippen LogP contribution in [0.5, 0.6) is 5.75 Å². The van der Waals surface area contributed by atoms with E-state index in [1.807, 2.05) is 38.1 Å². The predicted octanol–water partition coefficient (Wildman–Crippen LogP) is 4.16. The van der Waals surface area contributed by atoms with Crippen molar-refractivity contribution in [1.29, 1.82) is 0 Å². The number of thiazole rings is 1. The lowest BCUT2D eigenvalue weighted by atomic mass is 9.95. The van der Waals surface area contributed by atoms with E-state index in [0.29, 0.717) is 43.5 Å². The fraction of sp³-hybridized carbons (Fsp3) is 0.269. The van der Waals surface area contributed by atoms with Crippen molar-refractivity contribution >= 4 is 35.0 Å². The minimum atomic E-state index is -0.635. The van der Waals surface area contributed by atoms with E-state index in [1.165, 1.54) is 11.3 Å². The van der Waals surface area contributed by atoms with Crippen LogP contribution in [-0.4, -0.2) is 23.8 Å². The van der Waals surface area contributed by atoms with Crippen molar-refractivity contribution in [1.82, 2.24) is 4.57 Å². The maximum Gasteiger partial charge on any atom is 0.338 e. The molecule has 0 bridgehead atoms. The lowest BCUT2D eigenvalue weighted by molar-refractivity contribution is -0.139. The maximum atomic E-state index is 13.7. The van der Waals surface area contributed by atoms with Gasteiger partial charge in [-0.2, -0.15) is 0 Å². The molecule has 0 saturated heterocycles. The van der Waals surface area contributed by atoms with Crippen molar-refractivity contribution in [3.8, 4) is 5.75 Å². The van der Waals surface area contributed by atoms with E-state index >= 15 is 0 Å². The number of ether oxygens (including phenoxy) is 2. The second-order valence-corrected chi connectivity index (χ2v) is 9.27. The first-order valence-corrected chi connectivity index (χ1v) is 12.2. The Morgan fingerprint density at radius 3 is 2.56 bits per heavy atom. The summed E-state index contributed by atoms with van der Waals surface area (Å²) in [6, 6.07) is 12.4. The fourth-order valence-corrected chi connectivity index (χ4v) is 5.13. The number of carbonyl (C=O) groups excluding carboxylic acids is 1. The van der Waals surface area contributed by atoms with Gasteiger partial charge in [-0.15, -0.1) is 0 Å². The summed E-state index contributed by atoms with van der Waals surface area (Å²) < 4.78 is 13.1. The Kier molecular flexibility index (Phi) is 7.05. The SMILES string of the molecule is CCOC(=O)C1=C(C)N=c2s/c(=C\c3cc(Cl)ccc3OCC)c(=O)n2[C@@H]1c1ccc(C)cc1. The van der Waals surface area contributed by atoms with Gasteiger partial charge in [0.05, 0.1) is 35.1 Å². The molecule has 176 valence electrons. The number of rotatable bonds is 6. The quantitative estimate of drug-likeness (QED) is 0.480. The van der Waals surface area contributed by atoms with Crippen LogP contribution in [0.4, 0.5) is 0 Å². The van der Waals surface area contributed by atoms with E-state index < -0.39 is 12.0 Å². The van der Waals surface area contributed by atoms with Crippen molar-refractivity contribution in [2.75, 3.05) is 13.2 Å². The molecular weight excluding hydrogens is 472 g/mol. The van der Waals surface area contributed by atoms with Gasteiger partial charge in [0.2, 0.25) is 0 Å². The lowest BCUT2D eigenvalue weighted by Gasteiger charge is -2.24. The molecule has 2 aromatic carbocycles. The number of allylic oxidation sites excluding steroid dienone is 1.